The van der Waals surface area contributed by atoms with Crippen LogP contribution in [0.1, 0.15) is 52.4 Å². The highest BCUT2D eigenvalue weighted by atomic mass is 15.1. The van der Waals surface area contributed by atoms with E-state index >= 15 is 0 Å². The lowest BCUT2D eigenvalue weighted by Gasteiger charge is -2.23. The molecule has 92 valence electrons. The van der Waals surface area contributed by atoms with E-state index in [0.717, 1.165) is 12.5 Å². The van der Waals surface area contributed by atoms with Gasteiger partial charge in [0.15, 0.2) is 5.96 Å². The van der Waals surface area contributed by atoms with Crippen LogP contribution in [-0.4, -0.2) is 18.5 Å². The maximum absolute atomic E-state index is 5.91. The Bertz CT molecular complexity index is 264. The molecule has 2 fully saturated rings. The molecule has 0 aromatic carbocycles. The van der Waals surface area contributed by atoms with Gasteiger partial charge in [0.25, 0.3) is 0 Å². The van der Waals surface area contributed by atoms with Gasteiger partial charge in [-0.1, -0.05) is 33.1 Å². The average Bonchev–Trinajstić information content (AvgIpc) is 2.85. The van der Waals surface area contributed by atoms with E-state index in [0.29, 0.717) is 17.4 Å². The zero-order chi connectivity index (χ0) is 11.6. The number of nitrogens with two attached hydrogens (primary N) is 1. The minimum Gasteiger partial charge on any atom is -0.370 e. The van der Waals surface area contributed by atoms with Gasteiger partial charge in [0.1, 0.15) is 0 Å². The standard InChI is InChI=1S/C13H25N3/c1-13(2)8-10(13)9-15-12(14)16-11-6-4-3-5-7-11/h10-11H,3-9H2,1-2H3,(H3,14,15,16). The Hall–Kier alpha value is -0.730. The summed E-state index contributed by atoms with van der Waals surface area (Å²) >= 11 is 0. The van der Waals surface area contributed by atoms with Crippen molar-refractivity contribution in [2.75, 3.05) is 6.54 Å². The summed E-state index contributed by atoms with van der Waals surface area (Å²) in [5, 5.41) is 3.36. The summed E-state index contributed by atoms with van der Waals surface area (Å²) < 4.78 is 0. The Morgan fingerprint density at radius 1 is 1.31 bits per heavy atom. The van der Waals surface area contributed by atoms with Crippen molar-refractivity contribution in [3.63, 3.8) is 0 Å². The van der Waals surface area contributed by atoms with Gasteiger partial charge >= 0.3 is 0 Å². The van der Waals surface area contributed by atoms with E-state index in [2.05, 4.69) is 24.2 Å². The second-order valence-corrected chi connectivity index (χ2v) is 6.09. The number of nitrogens with one attached hydrogen (secondary N) is 1. The smallest absolute Gasteiger partial charge is 0.188 e. The van der Waals surface area contributed by atoms with Gasteiger partial charge in [-0.05, 0) is 30.6 Å². The molecule has 0 aromatic heterocycles. The lowest BCUT2D eigenvalue weighted by molar-refractivity contribution is 0.412. The number of hydrogen-bond donors (Lipinski definition) is 2. The van der Waals surface area contributed by atoms with Crippen LogP contribution in [0.3, 0.4) is 0 Å². The second kappa shape index (κ2) is 4.64. The summed E-state index contributed by atoms with van der Waals surface area (Å²) in [7, 11) is 0. The Morgan fingerprint density at radius 2 is 1.94 bits per heavy atom. The van der Waals surface area contributed by atoms with Gasteiger partial charge in [-0.3, -0.25) is 4.99 Å². The van der Waals surface area contributed by atoms with E-state index in [4.69, 9.17) is 5.73 Å². The second-order valence-electron chi connectivity index (χ2n) is 6.09. The number of rotatable bonds is 3. The third kappa shape index (κ3) is 3.13. The molecule has 0 spiro atoms. The molecule has 3 N–H and O–H groups in total. The van der Waals surface area contributed by atoms with Crippen LogP contribution in [0.15, 0.2) is 4.99 Å². The highest BCUT2D eigenvalue weighted by molar-refractivity contribution is 5.78. The maximum atomic E-state index is 5.91. The van der Waals surface area contributed by atoms with Crippen LogP contribution in [0.4, 0.5) is 0 Å². The van der Waals surface area contributed by atoms with Crippen LogP contribution in [-0.2, 0) is 0 Å². The van der Waals surface area contributed by atoms with Gasteiger partial charge in [-0.25, -0.2) is 0 Å². The molecule has 1 atom stereocenters. The molecule has 1 unspecified atom stereocenters. The maximum Gasteiger partial charge on any atom is 0.188 e. The van der Waals surface area contributed by atoms with Crippen molar-refractivity contribution in [2.24, 2.45) is 22.1 Å². The van der Waals surface area contributed by atoms with E-state index in [9.17, 15) is 0 Å². The van der Waals surface area contributed by atoms with Gasteiger partial charge in [0.05, 0.1) is 0 Å². The molecule has 2 saturated carbocycles. The molecule has 2 rings (SSSR count). The van der Waals surface area contributed by atoms with Crippen LogP contribution < -0.4 is 11.1 Å². The van der Waals surface area contributed by atoms with E-state index in [1.807, 2.05) is 0 Å². The van der Waals surface area contributed by atoms with Crippen molar-refractivity contribution in [2.45, 2.75) is 58.4 Å². The van der Waals surface area contributed by atoms with Gasteiger partial charge in [0.2, 0.25) is 0 Å². The number of nitrogens with zero attached hydrogens (tertiary/aromatic N) is 1. The lowest BCUT2D eigenvalue weighted by atomic mass is 9.96. The summed E-state index contributed by atoms with van der Waals surface area (Å²) in [6, 6.07) is 0.574. The fourth-order valence-electron chi connectivity index (χ4n) is 2.60. The first-order valence-corrected chi connectivity index (χ1v) is 6.64. The zero-order valence-corrected chi connectivity index (χ0v) is 10.6. The topological polar surface area (TPSA) is 50.4 Å². The van der Waals surface area contributed by atoms with E-state index in [1.165, 1.54) is 38.5 Å². The summed E-state index contributed by atoms with van der Waals surface area (Å²) in [6.07, 6.45) is 7.86. The Labute approximate surface area is 98.9 Å². The van der Waals surface area contributed by atoms with E-state index in [-0.39, 0.29) is 0 Å². The number of hydrogen-bond acceptors (Lipinski definition) is 1. The van der Waals surface area contributed by atoms with Gasteiger partial charge in [0, 0.05) is 12.6 Å². The molecule has 0 radical (unpaired) electrons. The predicted molar refractivity (Wildman–Crippen MR) is 68.4 cm³/mol. The van der Waals surface area contributed by atoms with Crippen LogP contribution >= 0.6 is 0 Å². The third-order valence-corrected chi connectivity index (χ3v) is 4.16. The molecule has 2 aliphatic rings. The molecule has 0 heterocycles. The summed E-state index contributed by atoms with van der Waals surface area (Å²) in [5.74, 6) is 1.41. The molecule has 3 heteroatoms. The van der Waals surface area contributed by atoms with Crippen LogP contribution in [0.5, 0.6) is 0 Å². The monoisotopic (exact) mass is 223 g/mol. The third-order valence-electron chi connectivity index (χ3n) is 4.16. The molecule has 3 nitrogen and oxygen atoms in total. The fourth-order valence-corrected chi connectivity index (χ4v) is 2.60. The molecule has 0 amide bonds. The first-order chi connectivity index (χ1) is 7.58. The Kier molecular flexibility index (Phi) is 3.41. The predicted octanol–water partition coefficient (Wildman–Crippen LogP) is 2.27. The highest BCUT2D eigenvalue weighted by Crippen LogP contribution is 2.51. The first kappa shape index (κ1) is 11.7. The summed E-state index contributed by atoms with van der Waals surface area (Å²) in [6.45, 7) is 5.51. The molecule has 16 heavy (non-hydrogen) atoms. The minimum absolute atomic E-state index is 0.509. The van der Waals surface area contributed by atoms with Gasteiger partial charge < -0.3 is 11.1 Å². The molecule has 2 aliphatic carbocycles. The molecular formula is C13H25N3. The van der Waals surface area contributed by atoms with Gasteiger partial charge in [-0.2, -0.15) is 0 Å². The van der Waals surface area contributed by atoms with Crippen LogP contribution in [0, 0.1) is 11.3 Å². The summed E-state index contributed by atoms with van der Waals surface area (Å²) in [4.78, 5) is 4.46. The van der Waals surface area contributed by atoms with E-state index < -0.39 is 0 Å². The fraction of sp³-hybridized carbons (Fsp3) is 0.923. The summed E-state index contributed by atoms with van der Waals surface area (Å²) in [5.41, 5.74) is 6.42. The van der Waals surface area contributed by atoms with Crippen LogP contribution in [0.2, 0.25) is 0 Å². The highest BCUT2D eigenvalue weighted by Gasteiger charge is 2.45. The zero-order valence-electron chi connectivity index (χ0n) is 10.6. The Morgan fingerprint density at radius 3 is 2.50 bits per heavy atom. The van der Waals surface area contributed by atoms with Crippen molar-refractivity contribution in [1.29, 1.82) is 0 Å². The SMILES string of the molecule is CC1(C)CC1CN=C(N)NC1CCCCC1. The normalized spacial score (nSPS) is 30.1. The van der Waals surface area contributed by atoms with Crippen molar-refractivity contribution in [3.05, 3.63) is 0 Å². The molecular weight excluding hydrogens is 198 g/mol. The largest absolute Gasteiger partial charge is 0.370 e. The minimum atomic E-state index is 0.509. The first-order valence-electron chi connectivity index (χ1n) is 6.64. The average molecular weight is 223 g/mol. The van der Waals surface area contributed by atoms with Crippen molar-refractivity contribution >= 4 is 5.96 Å². The number of guanidine groups is 1. The van der Waals surface area contributed by atoms with Crippen molar-refractivity contribution in [3.8, 4) is 0 Å². The molecule has 0 bridgehead atoms. The number of aliphatic imine (C=N–C) groups is 1. The molecule has 0 aromatic rings. The lowest BCUT2D eigenvalue weighted by Crippen LogP contribution is -2.41. The molecule has 0 aliphatic heterocycles. The Balaban J connectivity index is 1.70. The van der Waals surface area contributed by atoms with Crippen LogP contribution in [0.25, 0.3) is 0 Å². The van der Waals surface area contributed by atoms with Crippen molar-refractivity contribution in [1.82, 2.24) is 5.32 Å². The van der Waals surface area contributed by atoms with Crippen molar-refractivity contribution < 1.29 is 0 Å². The van der Waals surface area contributed by atoms with Gasteiger partial charge in [-0.15, -0.1) is 0 Å². The molecule has 0 saturated heterocycles. The van der Waals surface area contributed by atoms with E-state index in [1.54, 1.807) is 0 Å². The quantitative estimate of drug-likeness (QED) is 0.569.